The summed E-state index contributed by atoms with van der Waals surface area (Å²) < 4.78 is 0. The van der Waals surface area contributed by atoms with Crippen LogP contribution in [-0.2, 0) is 0 Å². The molecule has 0 amide bonds. The first-order valence-corrected chi connectivity index (χ1v) is 7.46. The highest BCUT2D eigenvalue weighted by Gasteiger charge is 2.30. The van der Waals surface area contributed by atoms with E-state index >= 15 is 0 Å². The van der Waals surface area contributed by atoms with E-state index in [1.165, 1.54) is 11.3 Å². The van der Waals surface area contributed by atoms with Crippen molar-refractivity contribution in [3.05, 3.63) is 29.8 Å². The number of quaternary nitrogens is 1. The van der Waals surface area contributed by atoms with Gasteiger partial charge in [-0.15, -0.1) is 0 Å². The molecule has 94 valence electrons. The summed E-state index contributed by atoms with van der Waals surface area (Å²) in [6.07, 6.45) is 3.32. The molecule has 0 aliphatic carbocycles. The van der Waals surface area contributed by atoms with Crippen molar-refractivity contribution in [1.29, 1.82) is 0 Å². The van der Waals surface area contributed by atoms with Gasteiger partial charge >= 0.3 is 0 Å². The van der Waals surface area contributed by atoms with Crippen LogP contribution in [0.4, 0.5) is 5.69 Å². The lowest BCUT2D eigenvalue weighted by Gasteiger charge is -2.17. The first-order valence-electron chi connectivity index (χ1n) is 6.17. The molecule has 17 heavy (non-hydrogen) atoms. The lowest BCUT2D eigenvalue weighted by molar-refractivity contribution is -0.656. The van der Waals surface area contributed by atoms with E-state index in [2.05, 4.69) is 41.2 Å². The summed E-state index contributed by atoms with van der Waals surface area (Å²) in [5.41, 5.74) is 2.73. The zero-order chi connectivity index (χ0) is 12.1. The van der Waals surface area contributed by atoms with Gasteiger partial charge in [-0.2, -0.15) is 11.8 Å². The van der Waals surface area contributed by atoms with Gasteiger partial charge in [-0.05, 0) is 17.9 Å². The van der Waals surface area contributed by atoms with E-state index in [4.69, 9.17) is 5.11 Å². The van der Waals surface area contributed by atoms with Gasteiger partial charge in [0.1, 0.15) is 0 Å². The molecule has 0 aromatic heterocycles. The summed E-state index contributed by atoms with van der Waals surface area (Å²) in [5.74, 6) is 0. The molecular formula is C13H21N2OS+. The SMILES string of the molecule is CS[C@H]1c2ccccc2N[C@@H]1CC[NH2+]CCO. The van der Waals surface area contributed by atoms with Crippen molar-refractivity contribution in [2.45, 2.75) is 17.7 Å². The summed E-state index contributed by atoms with van der Waals surface area (Å²) in [6, 6.07) is 9.11. The van der Waals surface area contributed by atoms with Crippen LogP contribution in [-0.4, -0.2) is 37.1 Å². The van der Waals surface area contributed by atoms with Crippen molar-refractivity contribution in [2.24, 2.45) is 0 Å². The molecule has 1 aromatic rings. The van der Waals surface area contributed by atoms with Gasteiger partial charge in [-0.1, -0.05) is 18.2 Å². The minimum Gasteiger partial charge on any atom is -0.391 e. The maximum Gasteiger partial charge on any atom is 0.0990 e. The second-order valence-corrected chi connectivity index (χ2v) is 5.35. The second kappa shape index (κ2) is 6.28. The van der Waals surface area contributed by atoms with Crippen LogP contribution in [0.25, 0.3) is 0 Å². The van der Waals surface area contributed by atoms with Gasteiger partial charge in [0, 0.05) is 18.2 Å². The van der Waals surface area contributed by atoms with Crippen LogP contribution in [0.15, 0.2) is 24.3 Å². The van der Waals surface area contributed by atoms with Crippen LogP contribution in [0.5, 0.6) is 0 Å². The average molecular weight is 253 g/mol. The van der Waals surface area contributed by atoms with Gasteiger partial charge < -0.3 is 15.7 Å². The van der Waals surface area contributed by atoms with Gasteiger partial charge in [0.05, 0.1) is 24.9 Å². The Morgan fingerprint density at radius 1 is 1.35 bits per heavy atom. The lowest BCUT2D eigenvalue weighted by atomic mass is 10.1. The number of benzene rings is 1. The summed E-state index contributed by atoms with van der Waals surface area (Å²) in [7, 11) is 0. The largest absolute Gasteiger partial charge is 0.391 e. The summed E-state index contributed by atoms with van der Waals surface area (Å²) in [5, 5.41) is 15.1. The third-order valence-electron chi connectivity index (χ3n) is 3.24. The van der Waals surface area contributed by atoms with Crippen molar-refractivity contribution >= 4 is 17.4 Å². The highest BCUT2D eigenvalue weighted by molar-refractivity contribution is 7.98. The molecule has 3 nitrogen and oxygen atoms in total. The van der Waals surface area contributed by atoms with Crippen LogP contribution in [0.3, 0.4) is 0 Å². The van der Waals surface area contributed by atoms with Crippen molar-refractivity contribution in [3.63, 3.8) is 0 Å². The standard InChI is InChI=1S/C13H20N2OS/c1-17-13-10-4-2-3-5-11(10)15-12(13)6-7-14-8-9-16/h2-5,12-16H,6-9H2,1H3/p+1/t12-,13+/m1/s1. The normalized spacial score (nSPS) is 22.2. The van der Waals surface area contributed by atoms with E-state index < -0.39 is 0 Å². The molecule has 1 aromatic carbocycles. The predicted octanol–water partition coefficient (Wildman–Crippen LogP) is 0.831. The Morgan fingerprint density at radius 2 is 2.18 bits per heavy atom. The highest BCUT2D eigenvalue weighted by atomic mass is 32.2. The Morgan fingerprint density at radius 3 is 2.94 bits per heavy atom. The fourth-order valence-corrected chi connectivity index (χ4v) is 3.41. The molecule has 2 atom stereocenters. The van der Waals surface area contributed by atoms with Crippen molar-refractivity contribution < 1.29 is 10.4 Å². The lowest BCUT2D eigenvalue weighted by Crippen LogP contribution is -2.85. The van der Waals surface area contributed by atoms with Crippen LogP contribution < -0.4 is 10.6 Å². The fraction of sp³-hybridized carbons (Fsp3) is 0.538. The Kier molecular flexibility index (Phi) is 4.71. The minimum atomic E-state index is 0.268. The number of hydrogen-bond donors (Lipinski definition) is 3. The van der Waals surface area contributed by atoms with Gasteiger partial charge in [0.15, 0.2) is 0 Å². The molecule has 1 heterocycles. The summed E-state index contributed by atoms with van der Waals surface area (Å²) in [4.78, 5) is 0. The predicted molar refractivity (Wildman–Crippen MR) is 73.5 cm³/mol. The molecular weight excluding hydrogens is 232 g/mol. The van der Waals surface area contributed by atoms with Gasteiger partial charge in [0.2, 0.25) is 0 Å². The topological polar surface area (TPSA) is 48.9 Å². The number of rotatable bonds is 6. The smallest absolute Gasteiger partial charge is 0.0990 e. The molecule has 4 heteroatoms. The number of fused-ring (bicyclic) bond motifs is 1. The molecule has 4 N–H and O–H groups in total. The molecule has 0 fully saturated rings. The van der Waals surface area contributed by atoms with Crippen LogP contribution in [0.1, 0.15) is 17.2 Å². The highest BCUT2D eigenvalue weighted by Crippen LogP contribution is 2.42. The van der Waals surface area contributed by atoms with Gasteiger partial charge in [0.25, 0.3) is 0 Å². The van der Waals surface area contributed by atoms with Crippen LogP contribution in [0, 0.1) is 0 Å². The first kappa shape index (κ1) is 12.7. The number of anilines is 1. The Hall–Kier alpha value is -0.710. The second-order valence-electron chi connectivity index (χ2n) is 4.37. The van der Waals surface area contributed by atoms with Crippen molar-refractivity contribution in [3.8, 4) is 0 Å². The van der Waals surface area contributed by atoms with Gasteiger partial charge in [-0.25, -0.2) is 0 Å². The van der Waals surface area contributed by atoms with E-state index in [1.807, 2.05) is 11.8 Å². The Balaban J connectivity index is 1.93. The molecule has 0 spiro atoms. The monoisotopic (exact) mass is 253 g/mol. The quantitative estimate of drug-likeness (QED) is 0.658. The maximum atomic E-state index is 8.75. The molecule has 0 unspecified atom stereocenters. The van der Waals surface area contributed by atoms with E-state index in [0.29, 0.717) is 11.3 Å². The fourth-order valence-electron chi connectivity index (χ4n) is 2.42. The third kappa shape index (κ3) is 2.94. The number of nitrogens with one attached hydrogen (secondary N) is 1. The zero-order valence-corrected chi connectivity index (χ0v) is 11.0. The van der Waals surface area contributed by atoms with E-state index in [9.17, 15) is 0 Å². The van der Waals surface area contributed by atoms with E-state index in [0.717, 1.165) is 19.5 Å². The Bertz CT molecular complexity index is 359. The number of aliphatic hydroxyl groups excluding tert-OH is 1. The molecule has 0 saturated carbocycles. The molecule has 1 aliphatic heterocycles. The number of hydrogen-bond acceptors (Lipinski definition) is 3. The zero-order valence-electron chi connectivity index (χ0n) is 10.2. The molecule has 0 bridgehead atoms. The van der Waals surface area contributed by atoms with E-state index in [-0.39, 0.29) is 6.61 Å². The molecule has 0 saturated heterocycles. The summed E-state index contributed by atoms with van der Waals surface area (Å²) >= 11 is 1.92. The van der Waals surface area contributed by atoms with Crippen LogP contribution >= 0.6 is 11.8 Å². The number of aliphatic hydroxyl groups is 1. The van der Waals surface area contributed by atoms with E-state index in [1.54, 1.807) is 0 Å². The first-order chi connectivity index (χ1) is 8.36. The van der Waals surface area contributed by atoms with Crippen molar-refractivity contribution in [1.82, 2.24) is 0 Å². The average Bonchev–Trinajstić information content (AvgIpc) is 2.72. The molecule has 0 radical (unpaired) electrons. The summed E-state index contributed by atoms with van der Waals surface area (Å²) in [6.45, 7) is 2.15. The minimum absolute atomic E-state index is 0.268. The van der Waals surface area contributed by atoms with Crippen LogP contribution in [0.2, 0.25) is 0 Å². The van der Waals surface area contributed by atoms with Gasteiger partial charge in [-0.3, -0.25) is 0 Å². The number of para-hydroxylation sites is 1. The Labute approximate surface area is 107 Å². The maximum absolute atomic E-state index is 8.75. The number of nitrogens with two attached hydrogens (primary N) is 1. The molecule has 2 rings (SSSR count). The third-order valence-corrected chi connectivity index (χ3v) is 4.33. The van der Waals surface area contributed by atoms with Crippen molar-refractivity contribution in [2.75, 3.05) is 31.3 Å². The molecule has 1 aliphatic rings. The number of thioether (sulfide) groups is 1.